The normalized spacial score (nSPS) is 11.1. The molecule has 0 aliphatic heterocycles. The number of para-hydroxylation sites is 1. The van der Waals surface area contributed by atoms with Gasteiger partial charge in [-0.3, -0.25) is 9.59 Å². The van der Waals surface area contributed by atoms with E-state index < -0.39 is 29.2 Å². The van der Waals surface area contributed by atoms with E-state index >= 15 is 0 Å². The second kappa shape index (κ2) is 6.88. The summed E-state index contributed by atoms with van der Waals surface area (Å²) >= 11 is 0. The molecule has 0 spiro atoms. The Kier molecular flexibility index (Phi) is 5.05. The van der Waals surface area contributed by atoms with Crippen molar-refractivity contribution in [2.75, 3.05) is 19.4 Å². The maximum Gasteiger partial charge on any atom is 0.421 e. The lowest BCUT2D eigenvalue weighted by Crippen LogP contribution is -2.30. The number of carbonyl (C=O) groups excluding carboxylic acids is 2. The molecule has 0 bridgehead atoms. The Morgan fingerprint density at radius 1 is 1.16 bits per heavy atom. The minimum Gasteiger partial charge on any atom is -0.342 e. The van der Waals surface area contributed by atoms with E-state index in [1.165, 1.54) is 45.3 Å². The van der Waals surface area contributed by atoms with Crippen LogP contribution in [0, 0.1) is 6.92 Å². The number of alkyl halides is 3. The van der Waals surface area contributed by atoms with Crippen molar-refractivity contribution < 1.29 is 22.8 Å². The highest BCUT2D eigenvalue weighted by Crippen LogP contribution is 2.35. The molecule has 2 aromatic rings. The Bertz CT molecular complexity index is 819. The van der Waals surface area contributed by atoms with Crippen molar-refractivity contribution in [2.24, 2.45) is 0 Å². The Labute approximate surface area is 141 Å². The zero-order chi connectivity index (χ0) is 18.8. The molecular formula is C16H15F3N4O2. The standard InChI is InChI=1S/C16H15F3N4O2/c1-9-20-8-11(16(17,18)19)14(21-9)22-12-7-5-4-6-10(12)13(24)15(25)23(2)3/h4-8H,1-3H3,(H,20,21,22). The lowest BCUT2D eigenvalue weighted by molar-refractivity contribution is -0.137. The molecule has 0 aliphatic rings. The summed E-state index contributed by atoms with van der Waals surface area (Å²) in [5, 5.41) is 2.50. The summed E-state index contributed by atoms with van der Waals surface area (Å²) in [7, 11) is 2.82. The maximum absolute atomic E-state index is 13.1. The van der Waals surface area contributed by atoms with E-state index in [1.54, 1.807) is 0 Å². The van der Waals surface area contributed by atoms with Crippen molar-refractivity contribution in [2.45, 2.75) is 13.1 Å². The number of rotatable bonds is 4. The van der Waals surface area contributed by atoms with Crippen molar-refractivity contribution in [3.8, 4) is 0 Å². The van der Waals surface area contributed by atoms with Gasteiger partial charge in [-0.25, -0.2) is 9.97 Å². The highest BCUT2D eigenvalue weighted by Gasteiger charge is 2.35. The number of Topliss-reactive ketones (excluding diaryl/α,β-unsaturated/α-hetero) is 1. The Morgan fingerprint density at radius 3 is 2.40 bits per heavy atom. The third-order valence-corrected chi connectivity index (χ3v) is 3.24. The number of nitrogens with zero attached hydrogens (tertiary/aromatic N) is 3. The molecule has 0 atom stereocenters. The summed E-state index contributed by atoms with van der Waals surface area (Å²) in [6.07, 6.45) is -4.01. The number of aryl methyl sites for hydroxylation is 1. The van der Waals surface area contributed by atoms with Crippen LogP contribution in [0.25, 0.3) is 0 Å². The number of halogens is 3. The lowest BCUT2D eigenvalue weighted by atomic mass is 10.1. The zero-order valence-corrected chi connectivity index (χ0v) is 13.7. The van der Waals surface area contributed by atoms with Gasteiger partial charge in [0.25, 0.3) is 11.7 Å². The van der Waals surface area contributed by atoms with Gasteiger partial charge >= 0.3 is 6.18 Å². The molecule has 132 valence electrons. The Hall–Kier alpha value is -2.97. The topological polar surface area (TPSA) is 75.2 Å². The first-order chi connectivity index (χ1) is 11.6. The fraction of sp³-hybridized carbons (Fsp3) is 0.250. The molecule has 0 fully saturated rings. The van der Waals surface area contributed by atoms with Crippen LogP contribution in [0.2, 0.25) is 0 Å². The van der Waals surface area contributed by atoms with Gasteiger partial charge in [0.1, 0.15) is 17.2 Å². The summed E-state index contributed by atoms with van der Waals surface area (Å²) in [5.41, 5.74) is -1.07. The van der Waals surface area contributed by atoms with Gasteiger partial charge in [0.2, 0.25) is 0 Å². The van der Waals surface area contributed by atoms with Crippen LogP contribution in [0.3, 0.4) is 0 Å². The highest BCUT2D eigenvalue weighted by molar-refractivity contribution is 6.43. The van der Waals surface area contributed by atoms with Crippen molar-refractivity contribution in [1.82, 2.24) is 14.9 Å². The first-order valence-corrected chi connectivity index (χ1v) is 7.14. The number of benzene rings is 1. The van der Waals surface area contributed by atoms with Gasteiger partial charge in [-0.1, -0.05) is 12.1 Å². The van der Waals surface area contributed by atoms with Crippen LogP contribution in [0.15, 0.2) is 30.5 Å². The van der Waals surface area contributed by atoms with E-state index in [2.05, 4.69) is 15.3 Å². The molecule has 6 nitrogen and oxygen atoms in total. The SMILES string of the molecule is Cc1ncc(C(F)(F)F)c(Nc2ccccc2C(=O)C(=O)N(C)C)n1. The summed E-state index contributed by atoms with van der Waals surface area (Å²) in [6, 6.07) is 5.79. The molecule has 25 heavy (non-hydrogen) atoms. The van der Waals surface area contributed by atoms with Crippen LogP contribution in [0.5, 0.6) is 0 Å². The molecule has 0 unspecified atom stereocenters. The number of anilines is 2. The minimum absolute atomic E-state index is 0.0475. The minimum atomic E-state index is -4.67. The lowest BCUT2D eigenvalue weighted by Gasteiger charge is -2.16. The van der Waals surface area contributed by atoms with Crippen molar-refractivity contribution >= 4 is 23.2 Å². The maximum atomic E-state index is 13.1. The van der Waals surface area contributed by atoms with Crippen molar-refractivity contribution in [1.29, 1.82) is 0 Å². The number of aromatic nitrogens is 2. The molecule has 1 amide bonds. The van der Waals surface area contributed by atoms with Crippen molar-refractivity contribution in [3.63, 3.8) is 0 Å². The molecule has 0 saturated heterocycles. The molecule has 1 aromatic carbocycles. The zero-order valence-electron chi connectivity index (χ0n) is 13.7. The van der Waals surface area contributed by atoms with E-state index in [0.29, 0.717) is 6.20 Å². The molecule has 9 heteroatoms. The monoisotopic (exact) mass is 352 g/mol. The van der Waals surface area contributed by atoms with E-state index in [-0.39, 0.29) is 17.1 Å². The van der Waals surface area contributed by atoms with Crippen LogP contribution >= 0.6 is 0 Å². The molecule has 1 heterocycles. The predicted molar refractivity (Wildman–Crippen MR) is 84.5 cm³/mol. The molecule has 0 radical (unpaired) electrons. The Morgan fingerprint density at radius 2 is 1.80 bits per heavy atom. The van der Waals surface area contributed by atoms with Crippen LogP contribution in [-0.4, -0.2) is 40.7 Å². The van der Waals surface area contributed by atoms with E-state index in [0.717, 1.165) is 4.90 Å². The van der Waals surface area contributed by atoms with Gasteiger partial charge in [-0.2, -0.15) is 13.2 Å². The second-order valence-electron chi connectivity index (χ2n) is 5.38. The Balaban J connectivity index is 2.48. The number of likely N-dealkylation sites (N-methyl/N-ethyl adjacent to an activating group) is 1. The van der Waals surface area contributed by atoms with Crippen LogP contribution in [-0.2, 0) is 11.0 Å². The molecular weight excluding hydrogens is 337 g/mol. The number of hydrogen-bond acceptors (Lipinski definition) is 5. The van der Waals surface area contributed by atoms with E-state index in [1.807, 2.05) is 0 Å². The van der Waals surface area contributed by atoms with Crippen molar-refractivity contribution in [3.05, 3.63) is 47.4 Å². The largest absolute Gasteiger partial charge is 0.421 e. The van der Waals surface area contributed by atoms with E-state index in [9.17, 15) is 22.8 Å². The average Bonchev–Trinajstić information content (AvgIpc) is 2.52. The third kappa shape index (κ3) is 4.11. The van der Waals surface area contributed by atoms with Gasteiger partial charge in [0.05, 0.1) is 11.3 Å². The molecule has 2 rings (SSSR count). The summed E-state index contributed by atoms with van der Waals surface area (Å²) in [6.45, 7) is 1.44. The second-order valence-corrected chi connectivity index (χ2v) is 5.38. The average molecular weight is 352 g/mol. The van der Waals surface area contributed by atoms with Gasteiger partial charge < -0.3 is 10.2 Å². The van der Waals surface area contributed by atoms with Gasteiger partial charge in [0.15, 0.2) is 0 Å². The number of nitrogens with one attached hydrogen (secondary N) is 1. The number of hydrogen-bond donors (Lipinski definition) is 1. The van der Waals surface area contributed by atoms with E-state index in [4.69, 9.17) is 0 Å². The first kappa shape index (κ1) is 18.4. The quantitative estimate of drug-likeness (QED) is 0.676. The van der Waals surface area contributed by atoms with Crippen LogP contribution < -0.4 is 5.32 Å². The fourth-order valence-electron chi connectivity index (χ4n) is 2.01. The fourth-order valence-corrected chi connectivity index (χ4v) is 2.01. The molecule has 0 aliphatic carbocycles. The smallest absolute Gasteiger partial charge is 0.342 e. The van der Waals surface area contributed by atoms with Gasteiger partial charge in [-0.15, -0.1) is 0 Å². The van der Waals surface area contributed by atoms with Crippen LogP contribution in [0.4, 0.5) is 24.7 Å². The van der Waals surface area contributed by atoms with Gasteiger partial charge in [-0.05, 0) is 19.1 Å². The molecule has 1 aromatic heterocycles. The summed E-state index contributed by atoms with van der Waals surface area (Å²) < 4.78 is 39.4. The van der Waals surface area contributed by atoms with Gasteiger partial charge in [0, 0.05) is 20.3 Å². The third-order valence-electron chi connectivity index (χ3n) is 3.24. The number of amides is 1. The predicted octanol–water partition coefficient (Wildman–Crippen LogP) is 2.82. The number of ketones is 1. The highest BCUT2D eigenvalue weighted by atomic mass is 19.4. The molecule has 0 saturated carbocycles. The van der Waals surface area contributed by atoms with Crippen LogP contribution in [0.1, 0.15) is 21.7 Å². The summed E-state index contributed by atoms with van der Waals surface area (Å²) in [4.78, 5) is 32.5. The molecule has 1 N–H and O–H groups in total. The number of carbonyl (C=O) groups is 2. The summed E-state index contributed by atoms with van der Waals surface area (Å²) in [5.74, 6) is -1.99. The first-order valence-electron chi connectivity index (χ1n) is 7.14.